The molecule has 0 saturated heterocycles. The lowest BCUT2D eigenvalue weighted by Crippen LogP contribution is -2.07. The van der Waals surface area contributed by atoms with Gasteiger partial charge in [-0.25, -0.2) is 4.98 Å². The van der Waals surface area contributed by atoms with Gasteiger partial charge in [0.1, 0.15) is 11.6 Å². The zero-order chi connectivity index (χ0) is 14.8. The highest BCUT2D eigenvalue weighted by atomic mass is 16.5. The topological polar surface area (TPSA) is 47.0 Å². The first-order valence-corrected chi connectivity index (χ1v) is 7.90. The van der Waals surface area contributed by atoms with Gasteiger partial charge < -0.3 is 10.1 Å². The van der Waals surface area contributed by atoms with E-state index in [9.17, 15) is 0 Å². The SMILES string of the molecule is CCCCCCCCOc1nc(CC)nc(NC)c1C. The van der Waals surface area contributed by atoms with Crippen molar-refractivity contribution in [3.05, 3.63) is 11.4 Å². The number of aromatic nitrogens is 2. The van der Waals surface area contributed by atoms with Crippen LogP contribution in [0.3, 0.4) is 0 Å². The first kappa shape index (κ1) is 16.7. The van der Waals surface area contributed by atoms with Gasteiger partial charge in [-0.2, -0.15) is 4.98 Å². The summed E-state index contributed by atoms with van der Waals surface area (Å²) in [5.74, 6) is 2.43. The van der Waals surface area contributed by atoms with Crippen LogP contribution in [0.15, 0.2) is 0 Å². The van der Waals surface area contributed by atoms with Crippen molar-refractivity contribution in [3.8, 4) is 5.88 Å². The van der Waals surface area contributed by atoms with Crippen LogP contribution in [-0.4, -0.2) is 23.6 Å². The molecule has 114 valence electrons. The largest absolute Gasteiger partial charge is 0.477 e. The summed E-state index contributed by atoms with van der Waals surface area (Å²) in [6, 6.07) is 0. The molecule has 0 aliphatic carbocycles. The molecule has 4 nitrogen and oxygen atoms in total. The fourth-order valence-electron chi connectivity index (χ4n) is 2.13. The number of aryl methyl sites for hydroxylation is 1. The molecule has 0 bridgehead atoms. The van der Waals surface area contributed by atoms with Crippen LogP contribution in [0.25, 0.3) is 0 Å². The molecular weight excluding hydrogens is 250 g/mol. The van der Waals surface area contributed by atoms with E-state index in [1.807, 2.05) is 14.0 Å². The van der Waals surface area contributed by atoms with Crippen molar-refractivity contribution in [2.24, 2.45) is 0 Å². The maximum Gasteiger partial charge on any atom is 0.221 e. The van der Waals surface area contributed by atoms with Crippen molar-refractivity contribution in [1.29, 1.82) is 0 Å². The van der Waals surface area contributed by atoms with Gasteiger partial charge in [-0.1, -0.05) is 46.0 Å². The number of hydrogen-bond donors (Lipinski definition) is 1. The van der Waals surface area contributed by atoms with Crippen LogP contribution in [0.4, 0.5) is 5.82 Å². The van der Waals surface area contributed by atoms with E-state index in [-0.39, 0.29) is 0 Å². The zero-order valence-corrected chi connectivity index (χ0v) is 13.5. The third-order valence-corrected chi connectivity index (χ3v) is 3.44. The van der Waals surface area contributed by atoms with E-state index in [1.54, 1.807) is 0 Å². The highest BCUT2D eigenvalue weighted by molar-refractivity contribution is 5.48. The van der Waals surface area contributed by atoms with Crippen LogP contribution in [0, 0.1) is 6.92 Å². The molecule has 1 heterocycles. The zero-order valence-electron chi connectivity index (χ0n) is 13.5. The van der Waals surface area contributed by atoms with Crippen LogP contribution >= 0.6 is 0 Å². The minimum absolute atomic E-state index is 0.731. The van der Waals surface area contributed by atoms with Crippen LogP contribution in [0.5, 0.6) is 5.88 Å². The van der Waals surface area contributed by atoms with Gasteiger partial charge in [-0.3, -0.25) is 0 Å². The first-order valence-electron chi connectivity index (χ1n) is 7.90. The molecule has 0 aliphatic rings. The molecule has 0 amide bonds. The molecule has 1 aromatic rings. The normalized spacial score (nSPS) is 10.6. The second-order valence-electron chi connectivity index (χ2n) is 5.14. The average molecular weight is 279 g/mol. The van der Waals surface area contributed by atoms with Crippen LogP contribution in [-0.2, 0) is 6.42 Å². The molecule has 1 aromatic heterocycles. The van der Waals surface area contributed by atoms with E-state index in [2.05, 4.69) is 29.1 Å². The van der Waals surface area contributed by atoms with E-state index in [1.165, 1.54) is 32.1 Å². The summed E-state index contributed by atoms with van der Waals surface area (Å²) in [7, 11) is 1.88. The number of nitrogens with one attached hydrogen (secondary N) is 1. The number of unbranched alkanes of at least 4 members (excludes halogenated alkanes) is 5. The molecule has 0 atom stereocenters. The van der Waals surface area contributed by atoms with Crippen LogP contribution < -0.4 is 10.1 Å². The van der Waals surface area contributed by atoms with Crippen molar-refractivity contribution < 1.29 is 4.74 Å². The van der Waals surface area contributed by atoms with E-state index >= 15 is 0 Å². The summed E-state index contributed by atoms with van der Waals surface area (Å²) in [6.07, 6.45) is 8.45. The minimum atomic E-state index is 0.731. The van der Waals surface area contributed by atoms with Gasteiger partial charge in [0.15, 0.2) is 0 Å². The standard InChI is InChI=1S/C16H29N3O/c1-5-7-8-9-10-11-12-20-16-13(3)15(17-4)18-14(6-2)19-16/h5-12H2,1-4H3,(H,17,18,19). The number of anilines is 1. The summed E-state index contributed by atoms with van der Waals surface area (Å²) in [5.41, 5.74) is 0.996. The molecular formula is C16H29N3O. The summed E-state index contributed by atoms with van der Waals surface area (Å²) in [6.45, 7) is 7.05. The molecule has 1 rings (SSSR count). The lowest BCUT2D eigenvalue weighted by atomic mass is 10.1. The predicted molar refractivity (Wildman–Crippen MR) is 84.6 cm³/mol. The van der Waals surface area contributed by atoms with E-state index in [4.69, 9.17) is 4.74 Å². The number of hydrogen-bond acceptors (Lipinski definition) is 4. The first-order chi connectivity index (χ1) is 9.72. The third-order valence-electron chi connectivity index (χ3n) is 3.44. The monoisotopic (exact) mass is 279 g/mol. The van der Waals surface area contributed by atoms with Gasteiger partial charge in [0.25, 0.3) is 0 Å². The number of ether oxygens (including phenoxy) is 1. The van der Waals surface area contributed by atoms with Gasteiger partial charge in [0, 0.05) is 13.5 Å². The highest BCUT2D eigenvalue weighted by Gasteiger charge is 2.10. The molecule has 0 spiro atoms. The maximum atomic E-state index is 5.84. The van der Waals surface area contributed by atoms with Crippen LogP contribution in [0.1, 0.15) is 63.8 Å². The van der Waals surface area contributed by atoms with E-state index < -0.39 is 0 Å². The van der Waals surface area contributed by atoms with Gasteiger partial charge in [-0.15, -0.1) is 0 Å². The summed E-state index contributed by atoms with van der Waals surface area (Å²) in [5, 5.41) is 3.10. The molecule has 0 unspecified atom stereocenters. The fourth-order valence-corrected chi connectivity index (χ4v) is 2.13. The van der Waals surface area contributed by atoms with Crippen molar-refractivity contribution >= 4 is 5.82 Å². The second-order valence-corrected chi connectivity index (χ2v) is 5.14. The lowest BCUT2D eigenvalue weighted by molar-refractivity contribution is 0.290. The molecule has 0 fully saturated rings. The Morgan fingerprint density at radius 1 is 1.00 bits per heavy atom. The number of nitrogens with zero attached hydrogens (tertiary/aromatic N) is 2. The fraction of sp³-hybridized carbons (Fsp3) is 0.750. The average Bonchev–Trinajstić information content (AvgIpc) is 2.47. The third kappa shape index (κ3) is 5.35. The second kappa shape index (κ2) is 9.56. The Morgan fingerprint density at radius 3 is 2.35 bits per heavy atom. The quantitative estimate of drug-likeness (QED) is 0.654. The Kier molecular flexibility index (Phi) is 8.00. The van der Waals surface area contributed by atoms with Crippen molar-refractivity contribution in [2.45, 2.75) is 65.7 Å². The Hall–Kier alpha value is -1.32. The maximum absolute atomic E-state index is 5.84. The van der Waals surface area contributed by atoms with Crippen molar-refractivity contribution in [2.75, 3.05) is 19.0 Å². The van der Waals surface area contributed by atoms with E-state index in [0.717, 1.165) is 42.5 Å². The van der Waals surface area contributed by atoms with Gasteiger partial charge in [-0.05, 0) is 13.3 Å². The molecule has 0 radical (unpaired) electrons. The highest BCUT2D eigenvalue weighted by Crippen LogP contribution is 2.22. The summed E-state index contributed by atoms with van der Waals surface area (Å²) < 4.78 is 5.84. The van der Waals surface area contributed by atoms with Crippen molar-refractivity contribution in [3.63, 3.8) is 0 Å². The Morgan fingerprint density at radius 2 is 1.70 bits per heavy atom. The Bertz CT molecular complexity index is 394. The minimum Gasteiger partial charge on any atom is -0.477 e. The molecule has 0 aliphatic heterocycles. The lowest BCUT2D eigenvalue weighted by Gasteiger charge is -2.12. The summed E-state index contributed by atoms with van der Waals surface area (Å²) >= 11 is 0. The molecule has 0 aromatic carbocycles. The molecule has 20 heavy (non-hydrogen) atoms. The molecule has 4 heteroatoms. The van der Waals surface area contributed by atoms with Gasteiger partial charge in [0.05, 0.1) is 12.2 Å². The van der Waals surface area contributed by atoms with Gasteiger partial charge >= 0.3 is 0 Å². The molecule has 1 N–H and O–H groups in total. The van der Waals surface area contributed by atoms with Crippen molar-refractivity contribution in [1.82, 2.24) is 9.97 Å². The molecule has 0 saturated carbocycles. The predicted octanol–water partition coefficient (Wildman–Crippen LogP) is 4.13. The van der Waals surface area contributed by atoms with Crippen LogP contribution in [0.2, 0.25) is 0 Å². The van der Waals surface area contributed by atoms with Gasteiger partial charge in [0.2, 0.25) is 5.88 Å². The summed E-state index contributed by atoms with van der Waals surface area (Å²) in [4.78, 5) is 8.92. The smallest absolute Gasteiger partial charge is 0.221 e. The van der Waals surface area contributed by atoms with E-state index in [0.29, 0.717) is 0 Å². The Balaban J connectivity index is 2.43. The Labute approximate surface area is 123 Å². The number of rotatable bonds is 10.